The lowest BCUT2D eigenvalue weighted by molar-refractivity contribution is -0.124. The summed E-state index contributed by atoms with van der Waals surface area (Å²) in [7, 11) is 0. The Balaban J connectivity index is 2.31. The molecular formula is C10H8N2O4. The molecule has 0 saturated carbocycles. The van der Waals surface area contributed by atoms with Gasteiger partial charge in [-0.15, -0.1) is 0 Å². The Morgan fingerprint density at radius 1 is 1.06 bits per heavy atom. The van der Waals surface area contributed by atoms with Crippen LogP contribution in [0.4, 0.5) is 0 Å². The lowest BCUT2D eigenvalue weighted by Gasteiger charge is -2.04. The maximum atomic E-state index is 11.3. The van der Waals surface area contributed by atoms with E-state index in [1.54, 1.807) is 0 Å². The first-order valence-electron chi connectivity index (χ1n) is 4.52. The molecule has 82 valence electrons. The summed E-state index contributed by atoms with van der Waals surface area (Å²) >= 11 is 0. The van der Waals surface area contributed by atoms with Crippen LogP contribution in [-0.2, 0) is 9.59 Å². The fourth-order valence-electron chi connectivity index (χ4n) is 1.51. The smallest absolute Gasteiger partial charge is 0.335 e. The lowest BCUT2D eigenvalue weighted by Crippen LogP contribution is -2.28. The van der Waals surface area contributed by atoms with E-state index in [0.29, 0.717) is 5.56 Å². The Labute approximate surface area is 90.2 Å². The molecule has 0 radical (unpaired) electrons. The lowest BCUT2D eigenvalue weighted by atomic mass is 9.98. The predicted octanol–water partition coefficient (Wildman–Crippen LogP) is -0.371. The minimum Gasteiger partial charge on any atom is -0.478 e. The molecule has 1 saturated heterocycles. The highest BCUT2D eigenvalue weighted by molar-refractivity contribution is 6.10. The highest BCUT2D eigenvalue weighted by Crippen LogP contribution is 2.19. The zero-order valence-electron chi connectivity index (χ0n) is 8.06. The molecule has 6 heteroatoms. The number of nitrogens with one attached hydrogen (secondary N) is 2. The molecule has 0 spiro atoms. The first-order valence-corrected chi connectivity index (χ1v) is 4.52. The van der Waals surface area contributed by atoms with Gasteiger partial charge in [0.25, 0.3) is 11.8 Å². The summed E-state index contributed by atoms with van der Waals surface area (Å²) < 4.78 is 0. The van der Waals surface area contributed by atoms with E-state index in [4.69, 9.17) is 5.11 Å². The van der Waals surface area contributed by atoms with E-state index in [9.17, 15) is 14.4 Å². The van der Waals surface area contributed by atoms with Gasteiger partial charge in [-0.2, -0.15) is 0 Å². The fraction of sp³-hybridized carbons (Fsp3) is 0.100. The van der Waals surface area contributed by atoms with Gasteiger partial charge < -0.3 is 5.11 Å². The summed E-state index contributed by atoms with van der Waals surface area (Å²) in [5.74, 6) is -2.82. The van der Waals surface area contributed by atoms with Crippen LogP contribution in [0.5, 0.6) is 0 Å². The van der Waals surface area contributed by atoms with Crippen molar-refractivity contribution in [3.8, 4) is 0 Å². The second kappa shape index (κ2) is 3.65. The van der Waals surface area contributed by atoms with Crippen molar-refractivity contribution in [3.63, 3.8) is 0 Å². The van der Waals surface area contributed by atoms with E-state index in [1.165, 1.54) is 24.3 Å². The number of amides is 2. The Kier molecular flexibility index (Phi) is 2.32. The number of hydrogen-bond acceptors (Lipinski definition) is 3. The summed E-state index contributed by atoms with van der Waals surface area (Å²) in [6, 6.07) is 5.63. The molecule has 0 bridgehead atoms. The van der Waals surface area contributed by atoms with Crippen molar-refractivity contribution >= 4 is 17.8 Å². The van der Waals surface area contributed by atoms with Gasteiger partial charge in [-0.25, -0.2) is 4.79 Å². The molecule has 1 aliphatic rings. The highest BCUT2D eigenvalue weighted by Gasteiger charge is 2.34. The van der Waals surface area contributed by atoms with E-state index in [1.807, 2.05) is 0 Å². The monoisotopic (exact) mass is 220 g/mol. The molecule has 2 amide bonds. The summed E-state index contributed by atoms with van der Waals surface area (Å²) in [6.07, 6.45) is 0. The van der Waals surface area contributed by atoms with Gasteiger partial charge in [0.1, 0.15) is 5.92 Å². The van der Waals surface area contributed by atoms with Crippen LogP contribution < -0.4 is 10.9 Å². The van der Waals surface area contributed by atoms with Gasteiger partial charge in [-0.05, 0) is 17.7 Å². The van der Waals surface area contributed by atoms with Crippen molar-refractivity contribution in [1.82, 2.24) is 10.9 Å². The second-order valence-electron chi connectivity index (χ2n) is 3.34. The molecular weight excluding hydrogens is 212 g/mol. The molecule has 1 fully saturated rings. The summed E-state index contributed by atoms with van der Waals surface area (Å²) in [4.78, 5) is 33.2. The van der Waals surface area contributed by atoms with Crippen LogP contribution in [-0.4, -0.2) is 22.9 Å². The van der Waals surface area contributed by atoms with Crippen LogP contribution in [0.1, 0.15) is 21.8 Å². The molecule has 0 aliphatic carbocycles. The largest absolute Gasteiger partial charge is 0.478 e. The number of carboxylic acid groups (broad SMARTS) is 1. The third-order valence-corrected chi connectivity index (χ3v) is 2.32. The summed E-state index contributed by atoms with van der Waals surface area (Å²) in [5.41, 5.74) is 4.98. The number of aromatic carboxylic acids is 1. The van der Waals surface area contributed by atoms with E-state index in [0.717, 1.165) is 0 Å². The van der Waals surface area contributed by atoms with Crippen LogP contribution >= 0.6 is 0 Å². The van der Waals surface area contributed by atoms with Crippen molar-refractivity contribution < 1.29 is 19.5 Å². The van der Waals surface area contributed by atoms with E-state index in [2.05, 4.69) is 10.9 Å². The second-order valence-corrected chi connectivity index (χ2v) is 3.34. The Hall–Kier alpha value is -2.37. The van der Waals surface area contributed by atoms with Gasteiger partial charge in [0, 0.05) is 0 Å². The minimum absolute atomic E-state index is 0.113. The maximum absolute atomic E-state index is 11.3. The maximum Gasteiger partial charge on any atom is 0.335 e. The quantitative estimate of drug-likeness (QED) is 0.592. The first-order chi connectivity index (χ1) is 7.59. The third kappa shape index (κ3) is 1.60. The molecule has 2 rings (SSSR count). The topological polar surface area (TPSA) is 95.5 Å². The molecule has 1 heterocycles. The van der Waals surface area contributed by atoms with Crippen molar-refractivity contribution in [2.45, 2.75) is 5.92 Å². The first kappa shape index (κ1) is 10.2. The normalized spacial score (nSPS) is 15.8. The number of hydrazine groups is 1. The van der Waals surface area contributed by atoms with Gasteiger partial charge in [-0.3, -0.25) is 20.4 Å². The van der Waals surface area contributed by atoms with Crippen LogP contribution in [0.3, 0.4) is 0 Å². The van der Waals surface area contributed by atoms with Crippen molar-refractivity contribution in [2.75, 3.05) is 0 Å². The fourth-order valence-corrected chi connectivity index (χ4v) is 1.51. The Morgan fingerprint density at radius 3 is 2.00 bits per heavy atom. The predicted molar refractivity (Wildman–Crippen MR) is 52.4 cm³/mol. The SMILES string of the molecule is O=C(O)c1ccc(C2C(=O)NNC2=O)cc1. The zero-order chi connectivity index (χ0) is 11.7. The van der Waals surface area contributed by atoms with Crippen LogP contribution in [0.2, 0.25) is 0 Å². The standard InChI is InChI=1S/C10H8N2O4/c13-8-7(9(14)12-11-8)5-1-3-6(4-2-5)10(15)16/h1-4,7H,(H,11,13)(H,12,14)(H,15,16). The average Bonchev–Trinajstić information content (AvgIpc) is 2.59. The molecule has 3 N–H and O–H groups in total. The van der Waals surface area contributed by atoms with Crippen LogP contribution in [0.25, 0.3) is 0 Å². The molecule has 1 aliphatic heterocycles. The van der Waals surface area contributed by atoms with E-state index < -0.39 is 23.7 Å². The molecule has 6 nitrogen and oxygen atoms in total. The number of carbonyl (C=O) groups excluding carboxylic acids is 2. The Bertz CT molecular complexity index is 450. The zero-order valence-corrected chi connectivity index (χ0v) is 8.06. The molecule has 0 atom stereocenters. The van der Waals surface area contributed by atoms with Crippen molar-refractivity contribution in [3.05, 3.63) is 35.4 Å². The average molecular weight is 220 g/mol. The van der Waals surface area contributed by atoms with Crippen molar-refractivity contribution in [1.29, 1.82) is 0 Å². The number of rotatable bonds is 2. The molecule has 1 aromatic carbocycles. The molecule has 16 heavy (non-hydrogen) atoms. The van der Waals surface area contributed by atoms with Crippen LogP contribution in [0.15, 0.2) is 24.3 Å². The van der Waals surface area contributed by atoms with E-state index in [-0.39, 0.29) is 5.56 Å². The third-order valence-electron chi connectivity index (χ3n) is 2.32. The molecule has 1 aromatic rings. The number of benzene rings is 1. The highest BCUT2D eigenvalue weighted by atomic mass is 16.4. The van der Waals surface area contributed by atoms with Gasteiger partial charge in [0.2, 0.25) is 0 Å². The minimum atomic E-state index is -1.05. The van der Waals surface area contributed by atoms with Gasteiger partial charge in [0.15, 0.2) is 0 Å². The number of carbonyl (C=O) groups is 3. The van der Waals surface area contributed by atoms with Crippen LogP contribution in [0, 0.1) is 0 Å². The van der Waals surface area contributed by atoms with Gasteiger partial charge >= 0.3 is 5.97 Å². The number of carboxylic acids is 1. The molecule has 0 aromatic heterocycles. The van der Waals surface area contributed by atoms with Crippen molar-refractivity contribution in [2.24, 2.45) is 0 Å². The van der Waals surface area contributed by atoms with Gasteiger partial charge in [-0.1, -0.05) is 12.1 Å². The van der Waals surface area contributed by atoms with E-state index >= 15 is 0 Å². The Morgan fingerprint density at radius 2 is 1.56 bits per heavy atom. The van der Waals surface area contributed by atoms with Gasteiger partial charge in [0.05, 0.1) is 5.56 Å². The molecule has 0 unspecified atom stereocenters. The summed E-state index contributed by atoms with van der Waals surface area (Å²) in [5, 5.41) is 8.69. The summed E-state index contributed by atoms with van der Waals surface area (Å²) in [6.45, 7) is 0. The number of hydrogen-bond donors (Lipinski definition) is 3.